The van der Waals surface area contributed by atoms with E-state index >= 15 is 0 Å². The van der Waals surface area contributed by atoms with Crippen LogP contribution in [0, 0.1) is 18.3 Å². The SMILES string of the molecule is CCc1sc(C2=N/C(=C\c3cccc(C#N)c3)C(=O)O2)cc1C. The number of cyclic esters (lactones) is 1. The maximum absolute atomic E-state index is 12.0. The fourth-order valence-corrected chi connectivity index (χ4v) is 3.39. The molecule has 0 atom stereocenters. The summed E-state index contributed by atoms with van der Waals surface area (Å²) in [6.45, 7) is 4.14. The first-order valence-corrected chi connectivity index (χ1v) is 8.04. The number of carbonyl (C=O) groups is 1. The van der Waals surface area contributed by atoms with Gasteiger partial charge in [-0.3, -0.25) is 0 Å². The van der Waals surface area contributed by atoms with E-state index in [-0.39, 0.29) is 5.70 Å². The molecule has 0 fully saturated rings. The molecule has 0 bridgehead atoms. The quantitative estimate of drug-likeness (QED) is 0.637. The highest BCUT2D eigenvalue weighted by atomic mass is 32.1. The topological polar surface area (TPSA) is 62.5 Å². The molecule has 0 saturated carbocycles. The molecule has 2 aromatic rings. The highest BCUT2D eigenvalue weighted by Crippen LogP contribution is 2.27. The average Bonchev–Trinajstić information content (AvgIpc) is 3.10. The van der Waals surface area contributed by atoms with Gasteiger partial charge in [0.15, 0.2) is 5.70 Å². The highest BCUT2D eigenvalue weighted by molar-refractivity contribution is 7.14. The number of benzene rings is 1. The minimum absolute atomic E-state index is 0.249. The van der Waals surface area contributed by atoms with Gasteiger partial charge in [0, 0.05) is 4.88 Å². The predicted octanol–water partition coefficient (Wildman–Crippen LogP) is 3.84. The molecule has 0 unspecified atom stereocenters. The van der Waals surface area contributed by atoms with E-state index in [0.29, 0.717) is 11.5 Å². The van der Waals surface area contributed by atoms with Crippen molar-refractivity contribution in [2.45, 2.75) is 20.3 Å². The van der Waals surface area contributed by atoms with Gasteiger partial charge in [0.2, 0.25) is 5.90 Å². The molecular weight excluding hydrogens is 308 g/mol. The van der Waals surface area contributed by atoms with E-state index in [1.165, 1.54) is 10.4 Å². The summed E-state index contributed by atoms with van der Waals surface area (Å²) >= 11 is 1.59. The number of carbonyl (C=O) groups excluding carboxylic acids is 1. The lowest BCUT2D eigenvalue weighted by molar-refractivity contribution is -0.129. The minimum Gasteiger partial charge on any atom is -0.401 e. The number of aryl methyl sites for hydroxylation is 2. The summed E-state index contributed by atoms with van der Waals surface area (Å²) in [5, 5.41) is 8.93. The van der Waals surface area contributed by atoms with Crippen LogP contribution in [0.3, 0.4) is 0 Å². The second kappa shape index (κ2) is 6.19. The van der Waals surface area contributed by atoms with Gasteiger partial charge in [-0.2, -0.15) is 5.26 Å². The van der Waals surface area contributed by atoms with Crippen molar-refractivity contribution in [2.24, 2.45) is 4.99 Å². The van der Waals surface area contributed by atoms with Crippen LogP contribution >= 0.6 is 11.3 Å². The molecule has 1 aliphatic rings. The summed E-state index contributed by atoms with van der Waals surface area (Å²) in [5.74, 6) is -0.114. The van der Waals surface area contributed by atoms with Gasteiger partial charge < -0.3 is 4.74 Å². The number of esters is 1. The Balaban J connectivity index is 1.94. The summed E-state index contributed by atoms with van der Waals surface area (Å²) in [6.07, 6.45) is 2.58. The predicted molar refractivity (Wildman–Crippen MR) is 90.2 cm³/mol. The van der Waals surface area contributed by atoms with Crippen molar-refractivity contribution in [3.05, 3.63) is 62.5 Å². The maximum atomic E-state index is 12.0. The summed E-state index contributed by atoms with van der Waals surface area (Å²) in [5.41, 5.74) is 2.72. The van der Waals surface area contributed by atoms with Crippen molar-refractivity contribution in [1.29, 1.82) is 5.26 Å². The van der Waals surface area contributed by atoms with Crippen molar-refractivity contribution in [3.63, 3.8) is 0 Å². The number of rotatable bonds is 3. The monoisotopic (exact) mass is 322 g/mol. The first kappa shape index (κ1) is 15.2. The zero-order valence-corrected chi connectivity index (χ0v) is 13.6. The molecule has 2 heterocycles. The molecule has 4 nitrogen and oxygen atoms in total. The molecule has 114 valence electrons. The van der Waals surface area contributed by atoms with Crippen molar-refractivity contribution in [2.75, 3.05) is 0 Å². The van der Waals surface area contributed by atoms with E-state index in [1.54, 1.807) is 35.6 Å². The second-order valence-electron chi connectivity index (χ2n) is 5.14. The van der Waals surface area contributed by atoms with Crippen LogP contribution in [-0.2, 0) is 16.0 Å². The van der Waals surface area contributed by atoms with Crippen LogP contribution in [0.2, 0.25) is 0 Å². The molecule has 0 spiro atoms. The normalized spacial score (nSPS) is 15.4. The zero-order chi connectivity index (χ0) is 16.4. The largest absolute Gasteiger partial charge is 0.401 e. The Kier molecular flexibility index (Phi) is 4.09. The number of ether oxygens (including phenoxy) is 1. The molecule has 1 aromatic heterocycles. The van der Waals surface area contributed by atoms with Gasteiger partial charge in [0.25, 0.3) is 0 Å². The second-order valence-corrected chi connectivity index (χ2v) is 6.28. The van der Waals surface area contributed by atoms with E-state index in [4.69, 9.17) is 10.00 Å². The number of aliphatic imine (C=N–C) groups is 1. The molecule has 0 radical (unpaired) electrons. The molecule has 0 saturated heterocycles. The van der Waals surface area contributed by atoms with Crippen LogP contribution in [0.25, 0.3) is 6.08 Å². The third-order valence-corrected chi connectivity index (χ3v) is 4.86. The standard InChI is InChI=1S/C18H14N2O2S/c1-3-15-11(2)7-16(23-15)17-20-14(18(21)22-17)9-12-5-4-6-13(8-12)10-19/h4-9H,3H2,1-2H3/b14-9-. The Morgan fingerprint density at radius 3 is 2.91 bits per heavy atom. The Hall–Kier alpha value is -2.71. The van der Waals surface area contributed by atoms with Gasteiger partial charge >= 0.3 is 5.97 Å². The molecule has 3 rings (SSSR count). The molecule has 0 aliphatic carbocycles. The van der Waals surface area contributed by atoms with E-state index in [2.05, 4.69) is 18.0 Å². The summed E-state index contributed by atoms with van der Waals surface area (Å²) in [4.78, 5) is 18.4. The lowest BCUT2D eigenvalue weighted by atomic mass is 10.1. The summed E-state index contributed by atoms with van der Waals surface area (Å²) in [7, 11) is 0. The Bertz CT molecular complexity index is 885. The maximum Gasteiger partial charge on any atom is 0.363 e. The van der Waals surface area contributed by atoms with E-state index < -0.39 is 5.97 Å². The number of thiophene rings is 1. The third kappa shape index (κ3) is 3.08. The van der Waals surface area contributed by atoms with Gasteiger partial charge in [-0.25, -0.2) is 9.79 Å². The average molecular weight is 322 g/mol. The van der Waals surface area contributed by atoms with Crippen LogP contribution < -0.4 is 0 Å². The van der Waals surface area contributed by atoms with Crippen molar-refractivity contribution >= 4 is 29.3 Å². The Labute approximate surface area is 138 Å². The zero-order valence-electron chi connectivity index (χ0n) is 12.8. The van der Waals surface area contributed by atoms with Crippen molar-refractivity contribution in [1.82, 2.24) is 0 Å². The van der Waals surface area contributed by atoms with Crippen LogP contribution in [-0.4, -0.2) is 11.9 Å². The molecule has 23 heavy (non-hydrogen) atoms. The van der Waals surface area contributed by atoms with Gasteiger partial charge in [-0.1, -0.05) is 19.1 Å². The lowest BCUT2D eigenvalue weighted by Gasteiger charge is -1.94. The molecule has 5 heteroatoms. The number of nitrogens with zero attached hydrogens (tertiary/aromatic N) is 2. The van der Waals surface area contributed by atoms with E-state index in [0.717, 1.165) is 16.9 Å². The highest BCUT2D eigenvalue weighted by Gasteiger charge is 2.25. The summed E-state index contributed by atoms with van der Waals surface area (Å²) in [6, 6.07) is 11.1. The first-order valence-electron chi connectivity index (χ1n) is 7.23. The van der Waals surface area contributed by atoms with E-state index in [1.807, 2.05) is 19.1 Å². The van der Waals surface area contributed by atoms with Crippen LogP contribution in [0.15, 0.2) is 41.0 Å². The van der Waals surface area contributed by atoms with E-state index in [9.17, 15) is 4.79 Å². The molecule has 1 aromatic carbocycles. The number of nitriles is 1. The number of hydrogen-bond acceptors (Lipinski definition) is 5. The Morgan fingerprint density at radius 1 is 1.39 bits per heavy atom. The first-order chi connectivity index (χ1) is 11.1. The lowest BCUT2D eigenvalue weighted by Crippen LogP contribution is -2.03. The van der Waals surface area contributed by atoms with Gasteiger partial charge in [-0.15, -0.1) is 11.3 Å². The van der Waals surface area contributed by atoms with Gasteiger partial charge in [-0.05, 0) is 48.7 Å². The summed E-state index contributed by atoms with van der Waals surface area (Å²) < 4.78 is 5.29. The van der Waals surface area contributed by atoms with Crippen molar-refractivity contribution < 1.29 is 9.53 Å². The molecular formula is C18H14N2O2S. The van der Waals surface area contributed by atoms with Gasteiger partial charge in [0.05, 0.1) is 16.5 Å². The fraction of sp³-hybridized carbons (Fsp3) is 0.167. The smallest absolute Gasteiger partial charge is 0.363 e. The number of hydrogen-bond donors (Lipinski definition) is 0. The fourth-order valence-electron chi connectivity index (χ4n) is 2.35. The van der Waals surface area contributed by atoms with Crippen LogP contribution in [0.4, 0.5) is 0 Å². The van der Waals surface area contributed by atoms with Crippen LogP contribution in [0.1, 0.15) is 33.4 Å². The molecule has 0 N–H and O–H groups in total. The molecule has 1 aliphatic heterocycles. The third-order valence-electron chi connectivity index (χ3n) is 3.49. The van der Waals surface area contributed by atoms with Crippen molar-refractivity contribution in [3.8, 4) is 6.07 Å². The van der Waals surface area contributed by atoms with Gasteiger partial charge in [0.1, 0.15) is 0 Å². The Morgan fingerprint density at radius 2 is 2.22 bits per heavy atom. The minimum atomic E-state index is -0.466. The molecule has 0 amide bonds. The van der Waals surface area contributed by atoms with Crippen LogP contribution in [0.5, 0.6) is 0 Å².